The minimum atomic E-state index is -3.31. The maximum Gasteiger partial charge on any atom is 0.295 e. The number of hydrogen-bond acceptors (Lipinski definition) is 5. The highest BCUT2D eigenvalue weighted by atomic mass is 32.2. The van der Waals surface area contributed by atoms with Gasteiger partial charge in [0.1, 0.15) is 5.82 Å². The second-order valence-corrected chi connectivity index (χ2v) is 7.09. The number of nitrogens with one attached hydrogen (secondary N) is 2. The number of carbonyl (C=O) groups excluding carboxylic acids is 1. The Hall–Kier alpha value is -2.22. The van der Waals surface area contributed by atoms with E-state index in [1.165, 1.54) is 12.1 Å². The molecule has 1 aliphatic carbocycles. The predicted molar refractivity (Wildman–Crippen MR) is 75.9 cm³/mol. The van der Waals surface area contributed by atoms with E-state index >= 15 is 0 Å². The summed E-state index contributed by atoms with van der Waals surface area (Å²) in [5.74, 6) is 0.697. The number of anilines is 1. The number of carbonyl (C=O) groups is 1. The van der Waals surface area contributed by atoms with Gasteiger partial charge in [-0.3, -0.25) is 9.89 Å². The third kappa shape index (κ3) is 3.10. The van der Waals surface area contributed by atoms with Crippen molar-refractivity contribution in [3.8, 4) is 0 Å². The van der Waals surface area contributed by atoms with Crippen LogP contribution in [0.2, 0.25) is 0 Å². The van der Waals surface area contributed by atoms with E-state index in [-0.39, 0.29) is 10.7 Å². The van der Waals surface area contributed by atoms with Crippen molar-refractivity contribution in [2.75, 3.05) is 11.6 Å². The zero-order chi connectivity index (χ0) is 15.0. The molecule has 21 heavy (non-hydrogen) atoms. The van der Waals surface area contributed by atoms with Gasteiger partial charge in [0.05, 0.1) is 4.90 Å². The van der Waals surface area contributed by atoms with Crippen LogP contribution < -0.4 is 5.32 Å². The topological polar surface area (TPSA) is 105 Å². The molecular weight excluding hydrogens is 292 g/mol. The Morgan fingerprint density at radius 2 is 2.14 bits per heavy atom. The summed E-state index contributed by atoms with van der Waals surface area (Å²) >= 11 is 0. The lowest BCUT2D eigenvalue weighted by Crippen LogP contribution is -2.14. The average Bonchev–Trinajstić information content (AvgIpc) is 3.15. The molecule has 0 bridgehead atoms. The fourth-order valence-electron chi connectivity index (χ4n) is 1.91. The summed E-state index contributed by atoms with van der Waals surface area (Å²) in [6, 6.07) is 6.06. The van der Waals surface area contributed by atoms with Gasteiger partial charge in [-0.2, -0.15) is 0 Å². The molecule has 0 spiro atoms. The fourth-order valence-corrected chi connectivity index (χ4v) is 2.57. The van der Waals surface area contributed by atoms with Gasteiger partial charge in [0, 0.05) is 17.9 Å². The summed E-state index contributed by atoms with van der Waals surface area (Å²) in [5, 5.41) is 9.23. The first-order valence-corrected chi connectivity index (χ1v) is 8.36. The first-order chi connectivity index (χ1) is 9.93. The smallest absolute Gasteiger partial charge is 0.295 e. The number of hydrogen-bond donors (Lipinski definition) is 2. The Morgan fingerprint density at radius 1 is 1.38 bits per heavy atom. The van der Waals surface area contributed by atoms with Crippen molar-refractivity contribution in [1.29, 1.82) is 0 Å². The standard InChI is InChI=1S/C13H14N4O3S/c1-21(19,20)10-4-2-3-9(7-10)14-13(18)12-15-11(16-17-12)8-5-6-8/h2-4,7-8H,5-6H2,1H3,(H,14,18)(H,15,16,17). The van der Waals surface area contributed by atoms with E-state index < -0.39 is 15.7 Å². The maximum absolute atomic E-state index is 12.0. The molecule has 1 aromatic carbocycles. The van der Waals surface area contributed by atoms with Crippen LogP contribution in [0.25, 0.3) is 0 Å². The Kier molecular flexibility index (Phi) is 3.25. The van der Waals surface area contributed by atoms with Crippen LogP contribution in [0.4, 0.5) is 5.69 Å². The van der Waals surface area contributed by atoms with Gasteiger partial charge in [-0.05, 0) is 31.0 Å². The second-order valence-electron chi connectivity index (χ2n) is 5.07. The minimum absolute atomic E-state index is 0.0571. The molecule has 8 heteroatoms. The number of rotatable bonds is 4. The highest BCUT2D eigenvalue weighted by Gasteiger charge is 2.28. The molecule has 7 nitrogen and oxygen atoms in total. The third-order valence-corrected chi connectivity index (χ3v) is 4.30. The van der Waals surface area contributed by atoms with Crippen molar-refractivity contribution < 1.29 is 13.2 Å². The van der Waals surface area contributed by atoms with Gasteiger partial charge in [0.15, 0.2) is 9.84 Å². The molecule has 1 heterocycles. The third-order valence-electron chi connectivity index (χ3n) is 3.19. The molecule has 0 atom stereocenters. The molecule has 110 valence electrons. The van der Waals surface area contributed by atoms with E-state index in [4.69, 9.17) is 0 Å². The quantitative estimate of drug-likeness (QED) is 0.886. The molecule has 3 rings (SSSR count). The monoisotopic (exact) mass is 306 g/mol. The molecule has 1 amide bonds. The Bertz CT molecular complexity index is 793. The molecule has 0 aliphatic heterocycles. The van der Waals surface area contributed by atoms with E-state index in [0.29, 0.717) is 11.6 Å². The predicted octanol–water partition coefficient (Wildman–Crippen LogP) is 1.34. The molecular formula is C13H14N4O3S. The lowest BCUT2D eigenvalue weighted by molar-refractivity contribution is 0.101. The Balaban J connectivity index is 1.77. The van der Waals surface area contributed by atoms with E-state index in [1.807, 2.05) is 0 Å². The maximum atomic E-state index is 12.0. The van der Waals surface area contributed by atoms with Gasteiger partial charge in [0.25, 0.3) is 5.91 Å². The molecule has 1 saturated carbocycles. The van der Waals surface area contributed by atoms with Crippen LogP contribution in [0, 0.1) is 0 Å². The van der Waals surface area contributed by atoms with Crippen LogP contribution in [-0.2, 0) is 9.84 Å². The Morgan fingerprint density at radius 3 is 2.81 bits per heavy atom. The average molecular weight is 306 g/mol. The van der Waals surface area contributed by atoms with Crippen LogP contribution >= 0.6 is 0 Å². The molecule has 1 fully saturated rings. The van der Waals surface area contributed by atoms with Crippen LogP contribution in [-0.4, -0.2) is 35.8 Å². The summed E-state index contributed by atoms with van der Waals surface area (Å²) < 4.78 is 23.0. The van der Waals surface area contributed by atoms with E-state index in [9.17, 15) is 13.2 Å². The molecule has 0 saturated heterocycles. The largest absolute Gasteiger partial charge is 0.319 e. The zero-order valence-corrected chi connectivity index (χ0v) is 12.1. The summed E-state index contributed by atoms with van der Waals surface area (Å²) in [4.78, 5) is 16.3. The Labute approximate surface area is 121 Å². The number of benzene rings is 1. The molecule has 1 aliphatic rings. The van der Waals surface area contributed by atoms with Crippen molar-refractivity contribution in [2.45, 2.75) is 23.7 Å². The van der Waals surface area contributed by atoms with Crippen molar-refractivity contribution in [2.24, 2.45) is 0 Å². The number of sulfone groups is 1. The van der Waals surface area contributed by atoms with Crippen molar-refractivity contribution >= 4 is 21.4 Å². The van der Waals surface area contributed by atoms with E-state index in [0.717, 1.165) is 24.9 Å². The molecule has 2 aromatic rings. The summed E-state index contributed by atoms with van der Waals surface area (Å²) in [6.45, 7) is 0. The second kappa shape index (κ2) is 4.96. The highest BCUT2D eigenvalue weighted by Crippen LogP contribution is 2.37. The molecule has 1 aromatic heterocycles. The van der Waals surface area contributed by atoms with Gasteiger partial charge in [-0.1, -0.05) is 6.07 Å². The first-order valence-electron chi connectivity index (χ1n) is 6.47. The SMILES string of the molecule is CS(=O)(=O)c1cccc(NC(=O)c2n[nH]c(C3CC3)n2)c1. The fraction of sp³-hybridized carbons (Fsp3) is 0.308. The normalized spacial score (nSPS) is 14.9. The number of nitrogens with zero attached hydrogens (tertiary/aromatic N) is 2. The first kappa shape index (κ1) is 13.7. The number of aromatic nitrogens is 3. The van der Waals surface area contributed by atoms with E-state index in [2.05, 4.69) is 20.5 Å². The van der Waals surface area contributed by atoms with Gasteiger partial charge < -0.3 is 5.32 Å². The number of H-pyrrole nitrogens is 1. The highest BCUT2D eigenvalue weighted by molar-refractivity contribution is 7.90. The lowest BCUT2D eigenvalue weighted by atomic mass is 10.3. The van der Waals surface area contributed by atoms with Gasteiger partial charge in [0.2, 0.25) is 5.82 Å². The summed E-state index contributed by atoms with van der Waals surface area (Å²) in [7, 11) is -3.31. The zero-order valence-electron chi connectivity index (χ0n) is 11.3. The number of aromatic amines is 1. The van der Waals surface area contributed by atoms with Crippen LogP contribution in [0.5, 0.6) is 0 Å². The van der Waals surface area contributed by atoms with Crippen LogP contribution in [0.15, 0.2) is 29.2 Å². The lowest BCUT2D eigenvalue weighted by Gasteiger charge is -2.04. The summed E-state index contributed by atoms with van der Waals surface area (Å²) in [6.07, 6.45) is 3.24. The number of amides is 1. The van der Waals surface area contributed by atoms with Crippen LogP contribution in [0.3, 0.4) is 0 Å². The van der Waals surface area contributed by atoms with Gasteiger partial charge in [-0.15, -0.1) is 5.10 Å². The van der Waals surface area contributed by atoms with E-state index in [1.54, 1.807) is 12.1 Å². The minimum Gasteiger partial charge on any atom is -0.319 e. The van der Waals surface area contributed by atoms with Crippen LogP contribution in [0.1, 0.15) is 35.2 Å². The molecule has 0 radical (unpaired) electrons. The van der Waals surface area contributed by atoms with Crippen molar-refractivity contribution in [3.05, 3.63) is 35.9 Å². The van der Waals surface area contributed by atoms with Crippen molar-refractivity contribution in [1.82, 2.24) is 15.2 Å². The van der Waals surface area contributed by atoms with Crippen molar-refractivity contribution in [3.63, 3.8) is 0 Å². The van der Waals surface area contributed by atoms with Gasteiger partial charge in [-0.25, -0.2) is 13.4 Å². The molecule has 2 N–H and O–H groups in total. The van der Waals surface area contributed by atoms with Gasteiger partial charge >= 0.3 is 0 Å². The molecule has 0 unspecified atom stereocenters. The summed E-state index contributed by atoms with van der Waals surface area (Å²) in [5.41, 5.74) is 0.390.